The van der Waals surface area contributed by atoms with Crippen molar-refractivity contribution in [3.8, 4) is 0 Å². The molecule has 0 unspecified atom stereocenters. The molecule has 0 atom stereocenters. The zero-order chi connectivity index (χ0) is 15.2. The molecule has 116 valence electrons. The maximum atomic E-state index is 11.7. The van der Waals surface area contributed by atoms with Crippen molar-refractivity contribution in [2.75, 3.05) is 32.0 Å². The Morgan fingerprint density at radius 2 is 2.05 bits per heavy atom. The highest BCUT2D eigenvalue weighted by atomic mass is 16.1. The fraction of sp³-hybridized carbons (Fsp3) is 0.588. The normalized spacial score (nSPS) is 17.0. The van der Waals surface area contributed by atoms with Crippen LogP contribution in [0.4, 0.5) is 5.69 Å². The molecular formula is C17H27N3O. The Kier molecular flexibility index (Phi) is 5.62. The molecule has 1 amide bonds. The van der Waals surface area contributed by atoms with Crippen molar-refractivity contribution < 1.29 is 4.79 Å². The van der Waals surface area contributed by atoms with Crippen LogP contribution in [0.1, 0.15) is 37.0 Å². The van der Waals surface area contributed by atoms with Crippen LogP contribution in [0.2, 0.25) is 0 Å². The molecule has 0 bridgehead atoms. The van der Waals surface area contributed by atoms with Crippen LogP contribution in [0.5, 0.6) is 0 Å². The third-order valence-corrected chi connectivity index (χ3v) is 3.93. The van der Waals surface area contributed by atoms with Crippen LogP contribution >= 0.6 is 0 Å². The molecule has 1 aliphatic rings. The van der Waals surface area contributed by atoms with Crippen LogP contribution in [0, 0.1) is 5.92 Å². The fourth-order valence-corrected chi connectivity index (χ4v) is 2.91. The molecule has 0 aliphatic carbocycles. The predicted octanol–water partition coefficient (Wildman–Crippen LogP) is 2.58. The van der Waals surface area contributed by atoms with E-state index in [9.17, 15) is 4.79 Å². The van der Waals surface area contributed by atoms with E-state index in [1.807, 2.05) is 24.3 Å². The van der Waals surface area contributed by atoms with Gasteiger partial charge in [-0.25, -0.2) is 0 Å². The third-order valence-electron chi connectivity index (χ3n) is 3.93. The second kappa shape index (κ2) is 7.46. The number of nitrogens with zero attached hydrogens (tertiary/aromatic N) is 1. The summed E-state index contributed by atoms with van der Waals surface area (Å²) in [6.45, 7) is 8.05. The summed E-state index contributed by atoms with van der Waals surface area (Å²) in [7, 11) is 1.66. The van der Waals surface area contributed by atoms with E-state index in [-0.39, 0.29) is 5.91 Å². The average molecular weight is 289 g/mol. The largest absolute Gasteiger partial charge is 0.382 e. The highest BCUT2D eigenvalue weighted by Crippen LogP contribution is 2.18. The molecule has 0 spiro atoms. The van der Waals surface area contributed by atoms with E-state index in [1.54, 1.807) is 7.05 Å². The number of nitrogens with one attached hydrogen (secondary N) is 2. The van der Waals surface area contributed by atoms with E-state index >= 15 is 0 Å². The molecule has 0 saturated carbocycles. The van der Waals surface area contributed by atoms with Gasteiger partial charge in [0.1, 0.15) is 0 Å². The second-order valence-corrected chi connectivity index (χ2v) is 6.27. The molecule has 1 saturated heterocycles. The topological polar surface area (TPSA) is 44.4 Å². The first-order valence-electron chi connectivity index (χ1n) is 7.89. The van der Waals surface area contributed by atoms with Gasteiger partial charge in [0.25, 0.3) is 5.91 Å². The highest BCUT2D eigenvalue weighted by Gasteiger charge is 2.19. The van der Waals surface area contributed by atoms with Crippen LogP contribution in [0.15, 0.2) is 24.3 Å². The van der Waals surface area contributed by atoms with E-state index in [4.69, 9.17) is 0 Å². The molecule has 2 N–H and O–H groups in total. The maximum absolute atomic E-state index is 11.7. The molecule has 0 radical (unpaired) electrons. The molecule has 1 aromatic carbocycles. The lowest BCUT2D eigenvalue weighted by Gasteiger charge is -2.33. The van der Waals surface area contributed by atoms with Gasteiger partial charge in [0.15, 0.2) is 0 Å². The first-order valence-corrected chi connectivity index (χ1v) is 7.89. The van der Waals surface area contributed by atoms with E-state index in [1.165, 1.54) is 6.54 Å². The monoisotopic (exact) mass is 289 g/mol. The van der Waals surface area contributed by atoms with Gasteiger partial charge in [-0.2, -0.15) is 0 Å². The summed E-state index contributed by atoms with van der Waals surface area (Å²) in [6, 6.07) is 8.25. The minimum absolute atomic E-state index is 0.0367. The summed E-state index contributed by atoms with van der Waals surface area (Å²) in [5, 5.41) is 6.23. The SMILES string of the molecule is CNC(=O)c1cccc(NC2CCN(CC(C)C)CC2)c1. The van der Waals surface area contributed by atoms with Gasteiger partial charge in [0.2, 0.25) is 0 Å². The fourth-order valence-electron chi connectivity index (χ4n) is 2.91. The molecule has 1 heterocycles. The van der Waals surface area contributed by atoms with Gasteiger partial charge in [0, 0.05) is 44.0 Å². The van der Waals surface area contributed by atoms with Crippen molar-refractivity contribution in [2.45, 2.75) is 32.7 Å². The summed E-state index contributed by atoms with van der Waals surface area (Å²) < 4.78 is 0. The third kappa shape index (κ3) is 4.74. The summed E-state index contributed by atoms with van der Waals surface area (Å²) >= 11 is 0. The Labute approximate surface area is 127 Å². The van der Waals surface area contributed by atoms with Gasteiger partial charge in [-0.15, -0.1) is 0 Å². The van der Waals surface area contributed by atoms with Crippen molar-refractivity contribution in [3.63, 3.8) is 0 Å². The number of rotatable bonds is 5. The van der Waals surface area contributed by atoms with Crippen LogP contribution in [0.3, 0.4) is 0 Å². The molecule has 1 fully saturated rings. The number of carbonyl (C=O) groups is 1. The molecule has 0 aromatic heterocycles. The van der Waals surface area contributed by atoms with Crippen molar-refractivity contribution >= 4 is 11.6 Å². The lowest BCUT2D eigenvalue weighted by Crippen LogP contribution is -2.40. The minimum atomic E-state index is -0.0367. The molecule has 4 nitrogen and oxygen atoms in total. The standard InChI is InChI=1S/C17H27N3O/c1-13(2)12-20-9-7-15(8-10-20)19-16-6-4-5-14(11-16)17(21)18-3/h4-6,11,13,15,19H,7-10,12H2,1-3H3,(H,18,21). The number of anilines is 1. The second-order valence-electron chi connectivity index (χ2n) is 6.27. The van der Waals surface area contributed by atoms with Gasteiger partial charge >= 0.3 is 0 Å². The van der Waals surface area contributed by atoms with Crippen LogP contribution < -0.4 is 10.6 Å². The van der Waals surface area contributed by atoms with Gasteiger partial charge in [-0.3, -0.25) is 4.79 Å². The van der Waals surface area contributed by atoms with E-state index < -0.39 is 0 Å². The molecule has 21 heavy (non-hydrogen) atoms. The van der Waals surface area contributed by atoms with Crippen molar-refractivity contribution in [1.29, 1.82) is 0 Å². The Balaban J connectivity index is 1.87. The number of amides is 1. The van der Waals surface area contributed by atoms with Gasteiger partial charge in [-0.1, -0.05) is 19.9 Å². The Bertz CT molecular complexity index is 465. The number of benzene rings is 1. The zero-order valence-corrected chi connectivity index (χ0v) is 13.4. The summed E-state index contributed by atoms with van der Waals surface area (Å²) in [6.07, 6.45) is 2.33. The Morgan fingerprint density at radius 1 is 1.33 bits per heavy atom. The van der Waals surface area contributed by atoms with Crippen LogP contribution in [0.25, 0.3) is 0 Å². The van der Waals surface area contributed by atoms with E-state index in [0.717, 1.165) is 37.5 Å². The van der Waals surface area contributed by atoms with Gasteiger partial charge in [0.05, 0.1) is 0 Å². The predicted molar refractivity (Wildman–Crippen MR) is 87.8 cm³/mol. The van der Waals surface area contributed by atoms with E-state index in [2.05, 4.69) is 29.4 Å². The van der Waals surface area contributed by atoms with Crippen molar-refractivity contribution in [1.82, 2.24) is 10.2 Å². The van der Waals surface area contributed by atoms with Gasteiger partial charge in [-0.05, 0) is 37.0 Å². The molecule has 4 heteroatoms. The molecule has 1 aromatic rings. The molecular weight excluding hydrogens is 262 g/mol. The number of hydrogen-bond donors (Lipinski definition) is 2. The number of carbonyl (C=O) groups excluding carboxylic acids is 1. The average Bonchev–Trinajstić information content (AvgIpc) is 2.48. The molecule has 2 rings (SSSR count). The summed E-state index contributed by atoms with van der Waals surface area (Å²) in [5.41, 5.74) is 1.75. The van der Waals surface area contributed by atoms with Crippen LogP contribution in [-0.2, 0) is 0 Å². The Hall–Kier alpha value is -1.55. The van der Waals surface area contributed by atoms with E-state index in [0.29, 0.717) is 11.6 Å². The highest BCUT2D eigenvalue weighted by molar-refractivity contribution is 5.94. The quantitative estimate of drug-likeness (QED) is 0.875. The van der Waals surface area contributed by atoms with Crippen molar-refractivity contribution in [3.05, 3.63) is 29.8 Å². The lowest BCUT2D eigenvalue weighted by atomic mass is 10.0. The number of likely N-dealkylation sites (tertiary alicyclic amines) is 1. The Morgan fingerprint density at radius 3 is 2.67 bits per heavy atom. The first kappa shape index (κ1) is 15.8. The van der Waals surface area contributed by atoms with Crippen LogP contribution in [-0.4, -0.2) is 43.5 Å². The lowest BCUT2D eigenvalue weighted by molar-refractivity contribution is 0.0963. The smallest absolute Gasteiger partial charge is 0.251 e. The van der Waals surface area contributed by atoms with Gasteiger partial charge < -0.3 is 15.5 Å². The number of hydrogen-bond acceptors (Lipinski definition) is 3. The minimum Gasteiger partial charge on any atom is -0.382 e. The number of piperidine rings is 1. The summed E-state index contributed by atoms with van der Waals surface area (Å²) in [4.78, 5) is 14.2. The van der Waals surface area contributed by atoms with Crippen molar-refractivity contribution in [2.24, 2.45) is 5.92 Å². The zero-order valence-electron chi connectivity index (χ0n) is 13.4. The first-order chi connectivity index (χ1) is 10.1. The molecule has 1 aliphatic heterocycles. The summed E-state index contributed by atoms with van der Waals surface area (Å²) in [5.74, 6) is 0.698. The maximum Gasteiger partial charge on any atom is 0.251 e.